The van der Waals surface area contributed by atoms with Gasteiger partial charge in [-0.2, -0.15) is 0 Å². The SMILES string of the molecule is C[C@H](NC(=O)c1ccc(NC(=O)CSc2nnnn2C)cc1)c1ccc2c(c1)CCCC2. The summed E-state index contributed by atoms with van der Waals surface area (Å²) in [6.45, 7) is 2.00. The van der Waals surface area contributed by atoms with Gasteiger partial charge in [-0.25, -0.2) is 4.68 Å². The van der Waals surface area contributed by atoms with Crippen LogP contribution in [0.5, 0.6) is 0 Å². The predicted molar refractivity (Wildman–Crippen MR) is 124 cm³/mol. The van der Waals surface area contributed by atoms with Gasteiger partial charge in [0.25, 0.3) is 5.91 Å². The third-order valence-corrected chi connectivity index (χ3v) is 6.58. The van der Waals surface area contributed by atoms with Crippen LogP contribution in [0.3, 0.4) is 0 Å². The number of rotatable bonds is 7. The van der Waals surface area contributed by atoms with Crippen molar-refractivity contribution in [1.29, 1.82) is 0 Å². The zero-order valence-corrected chi connectivity index (χ0v) is 19.0. The number of hydrogen-bond donors (Lipinski definition) is 2. The topological polar surface area (TPSA) is 102 Å². The summed E-state index contributed by atoms with van der Waals surface area (Å²) in [6.07, 6.45) is 4.75. The Kier molecular flexibility index (Phi) is 6.84. The second-order valence-electron chi connectivity index (χ2n) is 7.93. The number of thioether (sulfide) groups is 1. The fraction of sp³-hybridized carbons (Fsp3) is 0.348. The molecule has 1 atom stereocenters. The highest BCUT2D eigenvalue weighted by Crippen LogP contribution is 2.25. The monoisotopic (exact) mass is 450 g/mol. The molecule has 9 heteroatoms. The molecule has 2 amide bonds. The van der Waals surface area contributed by atoms with Crippen molar-refractivity contribution >= 4 is 29.3 Å². The number of fused-ring (bicyclic) bond motifs is 1. The summed E-state index contributed by atoms with van der Waals surface area (Å²) in [5, 5.41) is 17.6. The fourth-order valence-electron chi connectivity index (χ4n) is 3.76. The van der Waals surface area contributed by atoms with E-state index in [1.165, 1.54) is 40.4 Å². The molecule has 0 unspecified atom stereocenters. The zero-order chi connectivity index (χ0) is 22.5. The number of carbonyl (C=O) groups is 2. The molecule has 1 aliphatic carbocycles. The van der Waals surface area contributed by atoms with Gasteiger partial charge in [-0.1, -0.05) is 30.0 Å². The van der Waals surface area contributed by atoms with Crippen LogP contribution in [0.2, 0.25) is 0 Å². The number of anilines is 1. The van der Waals surface area contributed by atoms with Crippen LogP contribution in [0.1, 0.15) is 52.9 Å². The Bertz CT molecular complexity index is 1110. The predicted octanol–water partition coefficient (Wildman–Crippen LogP) is 3.31. The highest BCUT2D eigenvalue weighted by atomic mass is 32.2. The first kappa shape index (κ1) is 22.0. The highest BCUT2D eigenvalue weighted by Gasteiger charge is 2.15. The van der Waals surface area contributed by atoms with E-state index >= 15 is 0 Å². The van der Waals surface area contributed by atoms with E-state index in [4.69, 9.17) is 0 Å². The van der Waals surface area contributed by atoms with E-state index in [1.54, 1.807) is 31.3 Å². The van der Waals surface area contributed by atoms with Crippen LogP contribution in [0.4, 0.5) is 5.69 Å². The standard InChI is InChI=1S/C23H26N6O2S/c1-15(18-8-7-16-5-3-4-6-19(16)13-18)24-22(31)17-9-11-20(12-10-17)25-21(30)14-32-23-26-27-28-29(23)2/h7-13,15H,3-6,14H2,1-2H3,(H,24,31)(H,25,30)/t15-/m0/s1. The summed E-state index contributed by atoms with van der Waals surface area (Å²) < 4.78 is 1.51. The molecule has 1 aliphatic rings. The Morgan fingerprint density at radius 1 is 1.09 bits per heavy atom. The van der Waals surface area contributed by atoms with Crippen molar-refractivity contribution < 1.29 is 9.59 Å². The third-order valence-electron chi connectivity index (χ3n) is 5.56. The number of nitrogens with zero attached hydrogens (tertiary/aromatic N) is 4. The number of hydrogen-bond acceptors (Lipinski definition) is 6. The van der Waals surface area contributed by atoms with Gasteiger partial charge in [0.05, 0.1) is 11.8 Å². The summed E-state index contributed by atoms with van der Waals surface area (Å²) in [6, 6.07) is 13.3. The van der Waals surface area contributed by atoms with Crippen LogP contribution in [-0.4, -0.2) is 37.8 Å². The Hall–Kier alpha value is -3.20. The summed E-state index contributed by atoms with van der Waals surface area (Å²) in [7, 11) is 1.72. The second-order valence-corrected chi connectivity index (χ2v) is 8.87. The average Bonchev–Trinajstić information content (AvgIpc) is 3.22. The van der Waals surface area contributed by atoms with Gasteiger partial charge in [0, 0.05) is 18.3 Å². The van der Waals surface area contributed by atoms with Gasteiger partial charge in [-0.3, -0.25) is 9.59 Å². The quantitative estimate of drug-likeness (QED) is 0.536. The average molecular weight is 451 g/mol. The first-order valence-electron chi connectivity index (χ1n) is 10.7. The van der Waals surface area contributed by atoms with Crippen molar-refractivity contribution in [2.24, 2.45) is 7.05 Å². The van der Waals surface area contributed by atoms with Gasteiger partial charge < -0.3 is 10.6 Å². The minimum Gasteiger partial charge on any atom is -0.346 e. The first-order chi connectivity index (χ1) is 15.5. The molecule has 0 radical (unpaired) electrons. The van der Waals surface area contributed by atoms with Crippen LogP contribution in [-0.2, 0) is 24.7 Å². The van der Waals surface area contributed by atoms with Crippen molar-refractivity contribution in [2.45, 2.75) is 43.8 Å². The molecule has 0 bridgehead atoms. The first-order valence-corrected chi connectivity index (χ1v) is 11.7. The highest BCUT2D eigenvalue weighted by molar-refractivity contribution is 7.99. The largest absolute Gasteiger partial charge is 0.346 e. The van der Waals surface area contributed by atoms with Gasteiger partial charge in [-0.05, 0) is 84.0 Å². The van der Waals surface area contributed by atoms with E-state index in [-0.39, 0.29) is 23.6 Å². The van der Waals surface area contributed by atoms with Crippen molar-refractivity contribution in [3.05, 3.63) is 64.7 Å². The molecule has 2 aromatic carbocycles. The normalized spacial score (nSPS) is 13.8. The lowest BCUT2D eigenvalue weighted by molar-refractivity contribution is -0.113. The van der Waals surface area contributed by atoms with E-state index in [2.05, 4.69) is 44.4 Å². The number of aryl methyl sites for hydroxylation is 3. The fourth-order valence-corrected chi connectivity index (χ4v) is 4.41. The molecule has 0 saturated heterocycles. The van der Waals surface area contributed by atoms with Crippen LogP contribution < -0.4 is 10.6 Å². The molecule has 0 aliphatic heterocycles. The van der Waals surface area contributed by atoms with E-state index in [1.807, 2.05) is 6.92 Å². The van der Waals surface area contributed by atoms with Crippen LogP contribution >= 0.6 is 11.8 Å². The molecule has 8 nitrogen and oxygen atoms in total. The van der Waals surface area contributed by atoms with Crippen molar-refractivity contribution in [2.75, 3.05) is 11.1 Å². The lowest BCUT2D eigenvalue weighted by Crippen LogP contribution is -2.26. The van der Waals surface area contributed by atoms with Crippen LogP contribution in [0.15, 0.2) is 47.6 Å². The molecule has 4 rings (SSSR count). The number of nitrogens with one attached hydrogen (secondary N) is 2. The van der Waals surface area contributed by atoms with Gasteiger partial charge in [0.2, 0.25) is 11.1 Å². The molecule has 166 valence electrons. The summed E-state index contributed by atoms with van der Waals surface area (Å²) >= 11 is 1.25. The molecule has 0 spiro atoms. The number of carbonyl (C=O) groups excluding carboxylic acids is 2. The van der Waals surface area contributed by atoms with Crippen LogP contribution in [0, 0.1) is 0 Å². The Labute approximate surface area is 191 Å². The molecule has 2 N–H and O–H groups in total. The molecule has 3 aromatic rings. The van der Waals surface area contributed by atoms with Crippen molar-refractivity contribution in [1.82, 2.24) is 25.5 Å². The number of tetrazole rings is 1. The second kappa shape index (κ2) is 9.95. The third kappa shape index (κ3) is 5.34. The Morgan fingerprint density at radius 2 is 1.84 bits per heavy atom. The Morgan fingerprint density at radius 3 is 2.56 bits per heavy atom. The zero-order valence-electron chi connectivity index (χ0n) is 18.2. The minimum absolute atomic E-state index is 0.0822. The van der Waals surface area contributed by atoms with E-state index in [0.29, 0.717) is 16.4 Å². The molecule has 0 fully saturated rings. The van der Waals surface area contributed by atoms with E-state index in [0.717, 1.165) is 18.4 Å². The molecule has 1 heterocycles. The molecule has 32 heavy (non-hydrogen) atoms. The lowest BCUT2D eigenvalue weighted by Gasteiger charge is -2.20. The summed E-state index contributed by atoms with van der Waals surface area (Å²) in [5.74, 6) is -0.121. The maximum Gasteiger partial charge on any atom is 0.251 e. The molecular weight excluding hydrogens is 424 g/mol. The minimum atomic E-state index is -0.170. The van der Waals surface area contributed by atoms with Gasteiger partial charge in [0.15, 0.2) is 0 Å². The van der Waals surface area contributed by atoms with E-state index in [9.17, 15) is 9.59 Å². The van der Waals surface area contributed by atoms with E-state index < -0.39 is 0 Å². The number of amides is 2. The van der Waals surface area contributed by atoms with Crippen LogP contribution in [0.25, 0.3) is 0 Å². The number of aromatic nitrogens is 4. The summed E-state index contributed by atoms with van der Waals surface area (Å²) in [4.78, 5) is 24.8. The van der Waals surface area contributed by atoms with Crippen molar-refractivity contribution in [3.63, 3.8) is 0 Å². The van der Waals surface area contributed by atoms with Crippen molar-refractivity contribution in [3.8, 4) is 0 Å². The smallest absolute Gasteiger partial charge is 0.251 e. The van der Waals surface area contributed by atoms with Gasteiger partial charge in [0.1, 0.15) is 0 Å². The lowest BCUT2D eigenvalue weighted by atomic mass is 9.89. The molecule has 0 saturated carbocycles. The maximum atomic E-state index is 12.7. The maximum absolute atomic E-state index is 12.7. The molecular formula is C23H26N6O2S. The molecule has 1 aromatic heterocycles. The van der Waals surface area contributed by atoms with Gasteiger partial charge in [-0.15, -0.1) is 5.10 Å². The Balaban J connectivity index is 1.30. The van der Waals surface area contributed by atoms with Gasteiger partial charge >= 0.3 is 0 Å². The summed E-state index contributed by atoms with van der Waals surface area (Å²) in [5.41, 5.74) is 5.14. The number of benzene rings is 2.